The van der Waals surface area contributed by atoms with E-state index in [0.29, 0.717) is 6.04 Å². The Kier molecular flexibility index (Phi) is 6.59. The molecule has 2 rings (SSSR count). The highest BCUT2D eigenvalue weighted by Gasteiger charge is 2.13. The molecule has 0 amide bonds. The van der Waals surface area contributed by atoms with Crippen LogP contribution >= 0.6 is 11.8 Å². The Morgan fingerprint density at radius 2 is 1.81 bits per heavy atom. The number of thioether (sulfide) groups is 1. The van der Waals surface area contributed by atoms with E-state index in [1.54, 1.807) is 0 Å². The van der Waals surface area contributed by atoms with E-state index in [1.165, 1.54) is 28.5 Å². The van der Waals surface area contributed by atoms with Gasteiger partial charge in [-0.3, -0.25) is 0 Å². The molecule has 0 heterocycles. The van der Waals surface area contributed by atoms with E-state index in [0.717, 1.165) is 18.2 Å². The van der Waals surface area contributed by atoms with Gasteiger partial charge >= 0.3 is 0 Å². The Labute approximate surface area is 133 Å². The molecule has 0 saturated carbocycles. The zero-order valence-corrected chi connectivity index (χ0v) is 14.2. The molecule has 0 aliphatic rings. The molecule has 1 N–H and O–H groups in total. The van der Waals surface area contributed by atoms with Gasteiger partial charge in [0.2, 0.25) is 0 Å². The van der Waals surface area contributed by atoms with Gasteiger partial charge in [-0.25, -0.2) is 0 Å². The first kappa shape index (κ1) is 16.4. The lowest BCUT2D eigenvalue weighted by atomic mass is 9.99. The molecule has 114 valence electrons. The van der Waals surface area contributed by atoms with Crippen LogP contribution in [0.5, 0.6) is 0 Å². The second-order valence-electron chi connectivity index (χ2n) is 5.94. The summed E-state index contributed by atoms with van der Waals surface area (Å²) in [6.07, 6.45) is 1.30. The second-order valence-corrected chi connectivity index (χ2v) is 7.09. The van der Waals surface area contributed by atoms with Gasteiger partial charge in [-0.05, 0) is 41.0 Å². The van der Waals surface area contributed by atoms with Crippen molar-refractivity contribution in [1.29, 1.82) is 0 Å². The smallest absolute Gasteiger partial charge is 0.0417 e. The summed E-state index contributed by atoms with van der Waals surface area (Å²) in [6, 6.07) is 15.8. The third-order valence-corrected chi connectivity index (χ3v) is 4.87. The largest absolute Gasteiger partial charge is 0.309 e. The van der Waals surface area contributed by atoms with E-state index in [4.69, 9.17) is 0 Å². The molecule has 0 aliphatic carbocycles. The predicted octanol–water partition coefficient (Wildman–Crippen LogP) is 5.27. The molecule has 0 aromatic heterocycles. The predicted molar refractivity (Wildman–Crippen MR) is 97.1 cm³/mol. The van der Waals surface area contributed by atoms with E-state index in [1.807, 2.05) is 0 Å². The summed E-state index contributed by atoms with van der Waals surface area (Å²) < 4.78 is 0. The average Bonchev–Trinajstić information content (AvgIpc) is 2.49. The first-order valence-electron chi connectivity index (χ1n) is 8.01. The molecule has 1 atom stereocenters. The van der Waals surface area contributed by atoms with E-state index < -0.39 is 0 Å². The van der Waals surface area contributed by atoms with Crippen molar-refractivity contribution in [3.05, 3.63) is 48.0 Å². The number of hydrogen-bond donors (Lipinski definition) is 1. The highest BCUT2D eigenvalue weighted by molar-refractivity contribution is 7.99. The van der Waals surface area contributed by atoms with Crippen molar-refractivity contribution in [2.45, 2.75) is 33.2 Å². The topological polar surface area (TPSA) is 12.0 Å². The van der Waals surface area contributed by atoms with Crippen molar-refractivity contribution in [2.24, 2.45) is 5.92 Å². The highest BCUT2D eigenvalue weighted by atomic mass is 32.2. The Bertz CT molecular complexity index is 545. The molecule has 2 heteroatoms. The summed E-state index contributed by atoms with van der Waals surface area (Å²) in [7, 11) is 0. The Balaban J connectivity index is 2.12. The van der Waals surface area contributed by atoms with Crippen LogP contribution in [0.4, 0.5) is 0 Å². The van der Waals surface area contributed by atoms with E-state index in [9.17, 15) is 0 Å². The summed E-state index contributed by atoms with van der Waals surface area (Å²) >= 11 is 2.07. The monoisotopic (exact) mass is 301 g/mol. The van der Waals surface area contributed by atoms with Crippen LogP contribution in [0.1, 0.15) is 38.8 Å². The number of fused-ring (bicyclic) bond motifs is 1. The zero-order chi connectivity index (χ0) is 15.1. The first-order chi connectivity index (χ1) is 10.2. The Morgan fingerprint density at radius 1 is 1.05 bits per heavy atom. The molecule has 0 fully saturated rings. The van der Waals surface area contributed by atoms with Crippen molar-refractivity contribution in [3.63, 3.8) is 0 Å². The zero-order valence-electron chi connectivity index (χ0n) is 13.4. The van der Waals surface area contributed by atoms with Crippen LogP contribution in [0.25, 0.3) is 10.8 Å². The van der Waals surface area contributed by atoms with Crippen LogP contribution in [0, 0.1) is 5.92 Å². The second kappa shape index (κ2) is 8.45. The van der Waals surface area contributed by atoms with Crippen LogP contribution in [0.2, 0.25) is 0 Å². The molecule has 0 radical (unpaired) electrons. The minimum Gasteiger partial charge on any atom is -0.309 e. The van der Waals surface area contributed by atoms with Gasteiger partial charge in [-0.1, -0.05) is 63.2 Å². The van der Waals surface area contributed by atoms with Crippen molar-refractivity contribution in [1.82, 2.24) is 5.32 Å². The standard InChI is InChI=1S/C19H27NS/c1-4-20-19(14-21-13-12-15(2)3)18-11-7-9-16-8-5-6-10-17(16)18/h5-11,15,19-20H,4,12-14H2,1-3H3. The van der Waals surface area contributed by atoms with Crippen molar-refractivity contribution in [3.8, 4) is 0 Å². The van der Waals surface area contributed by atoms with Crippen LogP contribution < -0.4 is 5.32 Å². The van der Waals surface area contributed by atoms with Gasteiger partial charge in [-0.2, -0.15) is 11.8 Å². The summed E-state index contributed by atoms with van der Waals surface area (Å²) in [4.78, 5) is 0. The van der Waals surface area contributed by atoms with E-state index in [-0.39, 0.29) is 0 Å². The molecule has 1 nitrogen and oxygen atoms in total. The van der Waals surface area contributed by atoms with Gasteiger partial charge in [0.1, 0.15) is 0 Å². The van der Waals surface area contributed by atoms with Crippen LogP contribution in [0.15, 0.2) is 42.5 Å². The maximum absolute atomic E-state index is 3.66. The summed E-state index contributed by atoms with van der Waals surface area (Å²) in [5.41, 5.74) is 1.44. The number of rotatable bonds is 8. The fourth-order valence-electron chi connectivity index (χ4n) is 2.58. The lowest BCUT2D eigenvalue weighted by Crippen LogP contribution is -2.23. The first-order valence-corrected chi connectivity index (χ1v) is 9.16. The van der Waals surface area contributed by atoms with Gasteiger partial charge < -0.3 is 5.32 Å². The molecular weight excluding hydrogens is 274 g/mol. The van der Waals surface area contributed by atoms with E-state index in [2.05, 4.69) is 80.3 Å². The van der Waals surface area contributed by atoms with Gasteiger partial charge in [0, 0.05) is 11.8 Å². The molecular formula is C19H27NS. The van der Waals surface area contributed by atoms with Crippen LogP contribution in [0.3, 0.4) is 0 Å². The fourth-order valence-corrected chi connectivity index (χ4v) is 3.92. The van der Waals surface area contributed by atoms with Gasteiger partial charge in [0.15, 0.2) is 0 Å². The molecule has 0 saturated heterocycles. The molecule has 2 aromatic carbocycles. The van der Waals surface area contributed by atoms with Gasteiger partial charge in [0.05, 0.1) is 0 Å². The molecule has 0 aliphatic heterocycles. The number of nitrogens with one attached hydrogen (secondary N) is 1. The summed E-state index contributed by atoms with van der Waals surface area (Å²) in [5.74, 6) is 3.20. The molecule has 0 bridgehead atoms. The normalized spacial score (nSPS) is 13.0. The quantitative estimate of drug-likeness (QED) is 0.667. The summed E-state index contributed by atoms with van der Waals surface area (Å²) in [5, 5.41) is 6.38. The fraction of sp³-hybridized carbons (Fsp3) is 0.474. The van der Waals surface area contributed by atoms with E-state index >= 15 is 0 Å². The van der Waals surface area contributed by atoms with Crippen molar-refractivity contribution >= 4 is 22.5 Å². The van der Waals surface area contributed by atoms with Crippen LogP contribution in [-0.4, -0.2) is 18.1 Å². The number of hydrogen-bond acceptors (Lipinski definition) is 2. The highest BCUT2D eigenvalue weighted by Crippen LogP contribution is 2.27. The molecule has 1 unspecified atom stereocenters. The third-order valence-electron chi connectivity index (χ3n) is 3.77. The third kappa shape index (κ3) is 4.76. The maximum Gasteiger partial charge on any atom is 0.0417 e. The summed E-state index contributed by atoms with van der Waals surface area (Å²) in [6.45, 7) is 7.80. The average molecular weight is 301 g/mol. The Morgan fingerprint density at radius 3 is 2.57 bits per heavy atom. The lowest BCUT2D eigenvalue weighted by molar-refractivity contribution is 0.606. The minimum absolute atomic E-state index is 0.443. The van der Waals surface area contributed by atoms with Crippen LogP contribution in [-0.2, 0) is 0 Å². The molecule has 21 heavy (non-hydrogen) atoms. The molecule has 2 aromatic rings. The SMILES string of the molecule is CCNC(CSCCC(C)C)c1cccc2ccccc12. The maximum atomic E-state index is 3.66. The molecule has 0 spiro atoms. The lowest BCUT2D eigenvalue weighted by Gasteiger charge is -2.20. The van der Waals surface area contributed by atoms with Gasteiger partial charge in [0.25, 0.3) is 0 Å². The Hall–Kier alpha value is -0.990. The van der Waals surface area contributed by atoms with Crippen molar-refractivity contribution in [2.75, 3.05) is 18.1 Å². The minimum atomic E-state index is 0.443. The van der Waals surface area contributed by atoms with Gasteiger partial charge in [-0.15, -0.1) is 0 Å². The van der Waals surface area contributed by atoms with Crippen molar-refractivity contribution < 1.29 is 0 Å². The number of benzene rings is 2.